The molecule has 19 heavy (non-hydrogen) atoms. The average Bonchev–Trinajstić information content (AvgIpc) is 2.40. The lowest BCUT2D eigenvalue weighted by Crippen LogP contribution is -2.30. The van der Waals surface area contributed by atoms with Gasteiger partial charge in [-0.3, -0.25) is 0 Å². The highest BCUT2D eigenvalue weighted by Gasteiger charge is 2.12. The Morgan fingerprint density at radius 2 is 2.05 bits per heavy atom. The van der Waals surface area contributed by atoms with Gasteiger partial charge in [0, 0.05) is 37.1 Å². The highest BCUT2D eigenvalue weighted by Crippen LogP contribution is 2.14. The molecule has 1 atom stereocenters. The lowest BCUT2D eigenvalue weighted by atomic mass is 10.2. The van der Waals surface area contributed by atoms with Gasteiger partial charge >= 0.3 is 0 Å². The van der Waals surface area contributed by atoms with Crippen LogP contribution in [0.15, 0.2) is 6.20 Å². The monoisotopic (exact) mass is 264 g/mol. The van der Waals surface area contributed by atoms with Crippen molar-refractivity contribution < 1.29 is 0 Å². The van der Waals surface area contributed by atoms with E-state index >= 15 is 0 Å². The van der Waals surface area contributed by atoms with Crippen molar-refractivity contribution in [3.63, 3.8) is 0 Å². The van der Waals surface area contributed by atoms with Gasteiger partial charge in [-0.05, 0) is 33.2 Å². The smallest absolute Gasteiger partial charge is 0.225 e. The molecule has 0 radical (unpaired) electrons. The molecule has 0 amide bonds. The molecule has 1 heterocycles. The summed E-state index contributed by atoms with van der Waals surface area (Å²) in [5, 5.41) is 3.39. The van der Waals surface area contributed by atoms with Crippen molar-refractivity contribution in [2.75, 3.05) is 18.5 Å². The van der Waals surface area contributed by atoms with Crippen molar-refractivity contribution in [2.45, 2.75) is 59.5 Å². The Morgan fingerprint density at radius 3 is 2.63 bits per heavy atom. The van der Waals surface area contributed by atoms with Crippen LogP contribution in [0.25, 0.3) is 0 Å². The fourth-order valence-corrected chi connectivity index (χ4v) is 2.03. The SMILES string of the molecule is CCCNCc1cnc(N(C)C(C)CCC)nc1C. The topological polar surface area (TPSA) is 41.1 Å². The van der Waals surface area contributed by atoms with Crippen LogP contribution in [0.5, 0.6) is 0 Å². The summed E-state index contributed by atoms with van der Waals surface area (Å²) in [7, 11) is 2.07. The Kier molecular flexibility index (Phi) is 6.78. The zero-order valence-corrected chi connectivity index (χ0v) is 13.0. The number of rotatable bonds is 8. The fraction of sp³-hybridized carbons (Fsp3) is 0.733. The van der Waals surface area contributed by atoms with E-state index < -0.39 is 0 Å². The largest absolute Gasteiger partial charge is 0.341 e. The lowest BCUT2D eigenvalue weighted by Gasteiger charge is -2.25. The normalized spacial score (nSPS) is 12.5. The third-order valence-electron chi connectivity index (χ3n) is 3.49. The summed E-state index contributed by atoms with van der Waals surface area (Å²) in [6, 6.07) is 0.480. The molecule has 108 valence electrons. The molecule has 4 nitrogen and oxygen atoms in total. The van der Waals surface area contributed by atoms with Crippen LogP contribution in [-0.2, 0) is 6.54 Å². The summed E-state index contributed by atoms with van der Waals surface area (Å²) in [5.41, 5.74) is 2.26. The molecule has 1 aromatic rings. The Bertz CT molecular complexity index is 378. The number of anilines is 1. The van der Waals surface area contributed by atoms with E-state index in [9.17, 15) is 0 Å². The van der Waals surface area contributed by atoms with Gasteiger partial charge in [-0.1, -0.05) is 20.3 Å². The predicted octanol–water partition coefficient (Wildman–Crippen LogP) is 2.91. The van der Waals surface area contributed by atoms with Crippen molar-refractivity contribution in [2.24, 2.45) is 0 Å². The maximum absolute atomic E-state index is 4.63. The summed E-state index contributed by atoms with van der Waals surface area (Å²) in [5.74, 6) is 0.831. The number of hydrogen-bond acceptors (Lipinski definition) is 4. The fourth-order valence-electron chi connectivity index (χ4n) is 2.03. The van der Waals surface area contributed by atoms with Crippen LogP contribution in [0.3, 0.4) is 0 Å². The molecule has 4 heteroatoms. The second-order valence-electron chi connectivity index (χ2n) is 5.21. The van der Waals surface area contributed by atoms with Crippen LogP contribution in [0.4, 0.5) is 5.95 Å². The maximum Gasteiger partial charge on any atom is 0.225 e. The number of nitrogens with one attached hydrogen (secondary N) is 1. The predicted molar refractivity (Wildman–Crippen MR) is 81.5 cm³/mol. The molecule has 0 saturated heterocycles. The first-order valence-electron chi connectivity index (χ1n) is 7.36. The zero-order valence-electron chi connectivity index (χ0n) is 13.0. The Morgan fingerprint density at radius 1 is 1.32 bits per heavy atom. The summed E-state index contributed by atoms with van der Waals surface area (Å²) >= 11 is 0. The van der Waals surface area contributed by atoms with Gasteiger partial charge in [-0.15, -0.1) is 0 Å². The second-order valence-corrected chi connectivity index (χ2v) is 5.21. The van der Waals surface area contributed by atoms with Crippen LogP contribution in [-0.4, -0.2) is 29.6 Å². The Labute approximate surface area is 117 Å². The van der Waals surface area contributed by atoms with Crippen LogP contribution >= 0.6 is 0 Å². The van der Waals surface area contributed by atoms with Crippen molar-refractivity contribution in [1.82, 2.24) is 15.3 Å². The lowest BCUT2D eigenvalue weighted by molar-refractivity contribution is 0.603. The summed E-state index contributed by atoms with van der Waals surface area (Å²) in [4.78, 5) is 11.3. The molecule has 0 saturated carbocycles. The molecular weight excluding hydrogens is 236 g/mol. The maximum atomic E-state index is 4.63. The highest BCUT2D eigenvalue weighted by molar-refractivity contribution is 5.33. The zero-order chi connectivity index (χ0) is 14.3. The van der Waals surface area contributed by atoms with Gasteiger partial charge in [0.2, 0.25) is 5.95 Å². The molecule has 1 unspecified atom stereocenters. The summed E-state index contributed by atoms with van der Waals surface area (Å²) in [6.45, 7) is 10.6. The molecule has 0 fully saturated rings. The van der Waals surface area contributed by atoms with Crippen LogP contribution < -0.4 is 10.2 Å². The molecule has 0 bridgehead atoms. The van der Waals surface area contributed by atoms with Crippen molar-refractivity contribution in [3.05, 3.63) is 17.5 Å². The van der Waals surface area contributed by atoms with Crippen LogP contribution in [0.1, 0.15) is 51.3 Å². The van der Waals surface area contributed by atoms with E-state index in [1.165, 1.54) is 18.4 Å². The number of nitrogens with zero attached hydrogens (tertiary/aromatic N) is 3. The first kappa shape index (κ1) is 15.9. The third kappa shape index (κ3) is 4.78. The quantitative estimate of drug-likeness (QED) is 0.733. The Hall–Kier alpha value is -1.16. The van der Waals surface area contributed by atoms with E-state index in [4.69, 9.17) is 0 Å². The third-order valence-corrected chi connectivity index (χ3v) is 3.49. The van der Waals surface area contributed by atoms with E-state index in [-0.39, 0.29) is 0 Å². The van der Waals surface area contributed by atoms with E-state index in [0.29, 0.717) is 6.04 Å². The molecular formula is C15H28N4. The van der Waals surface area contributed by atoms with E-state index in [2.05, 4.69) is 54.9 Å². The molecule has 0 aliphatic carbocycles. The minimum Gasteiger partial charge on any atom is -0.341 e. The summed E-state index contributed by atoms with van der Waals surface area (Å²) < 4.78 is 0. The first-order chi connectivity index (χ1) is 9.10. The van der Waals surface area contributed by atoms with E-state index in [1.54, 1.807) is 0 Å². The Balaban J connectivity index is 2.70. The van der Waals surface area contributed by atoms with Crippen molar-refractivity contribution in [3.8, 4) is 0 Å². The minimum atomic E-state index is 0.480. The van der Waals surface area contributed by atoms with Crippen molar-refractivity contribution in [1.29, 1.82) is 0 Å². The number of hydrogen-bond donors (Lipinski definition) is 1. The molecule has 0 aliphatic heterocycles. The first-order valence-corrected chi connectivity index (χ1v) is 7.36. The van der Waals surface area contributed by atoms with Gasteiger partial charge < -0.3 is 10.2 Å². The van der Waals surface area contributed by atoms with Crippen LogP contribution in [0, 0.1) is 6.92 Å². The standard InChI is InChI=1S/C15H28N4/c1-6-8-12(3)19(5)15-17-11-14(13(4)18-15)10-16-9-7-2/h11-12,16H,6-10H2,1-5H3. The molecule has 0 spiro atoms. The molecule has 1 aromatic heterocycles. The van der Waals surface area contributed by atoms with Gasteiger partial charge in [0.15, 0.2) is 0 Å². The number of aryl methyl sites for hydroxylation is 1. The second kappa shape index (κ2) is 8.10. The van der Waals surface area contributed by atoms with Gasteiger partial charge in [0.05, 0.1) is 0 Å². The van der Waals surface area contributed by atoms with E-state index in [0.717, 1.165) is 31.2 Å². The van der Waals surface area contributed by atoms with Gasteiger partial charge in [0.1, 0.15) is 0 Å². The molecule has 0 aliphatic rings. The van der Waals surface area contributed by atoms with Gasteiger partial charge in [0.25, 0.3) is 0 Å². The molecule has 1 rings (SSSR count). The van der Waals surface area contributed by atoms with Gasteiger partial charge in [-0.25, -0.2) is 9.97 Å². The minimum absolute atomic E-state index is 0.480. The van der Waals surface area contributed by atoms with Crippen molar-refractivity contribution >= 4 is 5.95 Å². The molecule has 0 aromatic carbocycles. The van der Waals surface area contributed by atoms with Crippen LogP contribution in [0.2, 0.25) is 0 Å². The number of aromatic nitrogens is 2. The van der Waals surface area contributed by atoms with E-state index in [1.807, 2.05) is 6.20 Å². The molecule has 1 N–H and O–H groups in total. The van der Waals surface area contributed by atoms with Gasteiger partial charge in [-0.2, -0.15) is 0 Å². The summed E-state index contributed by atoms with van der Waals surface area (Å²) in [6.07, 6.45) is 5.45. The average molecular weight is 264 g/mol. The highest BCUT2D eigenvalue weighted by atomic mass is 15.2.